The molecule has 0 unspecified atom stereocenters. The van der Waals surface area contributed by atoms with Crippen LogP contribution in [0.2, 0.25) is 0 Å². The predicted octanol–water partition coefficient (Wildman–Crippen LogP) is 1.95. The molecule has 0 atom stereocenters. The largest absolute Gasteiger partial charge is 0.321 e. The van der Waals surface area contributed by atoms with Gasteiger partial charge in [-0.15, -0.1) is 0 Å². The van der Waals surface area contributed by atoms with Crippen LogP contribution in [0.1, 0.15) is 36.6 Å². The number of fused-ring (bicyclic) bond motifs is 1. The molecule has 11 nitrogen and oxygen atoms in total. The van der Waals surface area contributed by atoms with Crippen molar-refractivity contribution in [3.8, 4) is 0 Å². The molecule has 2 aromatic rings. The van der Waals surface area contributed by atoms with E-state index in [2.05, 4.69) is 10.6 Å². The molecule has 11 heteroatoms. The van der Waals surface area contributed by atoms with Crippen molar-refractivity contribution < 1.29 is 24.2 Å². The summed E-state index contributed by atoms with van der Waals surface area (Å²) in [6.07, 6.45) is 0. The van der Waals surface area contributed by atoms with Crippen LogP contribution in [-0.2, 0) is 0 Å². The van der Waals surface area contributed by atoms with Crippen LogP contribution in [0.3, 0.4) is 0 Å². The number of nitro benzene ring substituents is 2. The Morgan fingerprint density at radius 2 is 1.63 bits per heavy atom. The second kappa shape index (κ2) is 6.29. The fourth-order valence-corrected chi connectivity index (χ4v) is 2.71. The highest BCUT2D eigenvalue weighted by Crippen LogP contribution is 2.30. The number of imide groups is 1. The van der Waals surface area contributed by atoms with Crippen LogP contribution in [0.25, 0.3) is 0 Å². The molecule has 0 spiro atoms. The second-order valence-electron chi connectivity index (χ2n) is 5.62. The van der Waals surface area contributed by atoms with E-state index in [4.69, 9.17) is 0 Å². The number of hydrogen-bond acceptors (Lipinski definition) is 7. The predicted molar refractivity (Wildman–Crippen MR) is 90.7 cm³/mol. The first kappa shape index (κ1) is 17.7. The Labute approximate surface area is 150 Å². The van der Waals surface area contributed by atoms with E-state index in [0.717, 1.165) is 12.1 Å². The zero-order chi connectivity index (χ0) is 19.9. The Hall–Kier alpha value is -4.15. The molecule has 0 bridgehead atoms. The van der Waals surface area contributed by atoms with Crippen molar-refractivity contribution in [2.24, 2.45) is 0 Å². The van der Waals surface area contributed by atoms with Gasteiger partial charge in [0.25, 0.3) is 29.1 Å². The van der Waals surface area contributed by atoms with E-state index in [-0.39, 0.29) is 27.9 Å². The quantitative estimate of drug-likeness (QED) is 0.472. The van der Waals surface area contributed by atoms with Gasteiger partial charge in [-0.05, 0) is 19.1 Å². The van der Waals surface area contributed by atoms with E-state index in [0.29, 0.717) is 0 Å². The molecule has 136 valence electrons. The van der Waals surface area contributed by atoms with Gasteiger partial charge in [-0.2, -0.15) is 0 Å². The zero-order valence-electron chi connectivity index (χ0n) is 13.6. The molecule has 0 radical (unpaired) electrons. The van der Waals surface area contributed by atoms with E-state index >= 15 is 0 Å². The molecule has 1 heterocycles. The maximum absolute atomic E-state index is 12.5. The smallest absolute Gasteiger partial charge is 0.279 e. The van der Waals surface area contributed by atoms with Crippen LogP contribution in [0.15, 0.2) is 30.3 Å². The van der Waals surface area contributed by atoms with Crippen LogP contribution in [-0.4, -0.2) is 27.6 Å². The highest BCUT2D eigenvalue weighted by Gasteiger charge is 2.31. The summed E-state index contributed by atoms with van der Waals surface area (Å²) in [7, 11) is 0. The average molecular weight is 370 g/mol. The molecular formula is C16H10N4O7. The van der Waals surface area contributed by atoms with Crippen LogP contribution in [0.4, 0.5) is 17.1 Å². The number of benzene rings is 2. The van der Waals surface area contributed by atoms with E-state index in [1.807, 2.05) is 0 Å². The molecule has 1 aliphatic rings. The first-order valence-electron chi connectivity index (χ1n) is 7.44. The molecule has 3 rings (SSSR count). The summed E-state index contributed by atoms with van der Waals surface area (Å²) < 4.78 is 0. The highest BCUT2D eigenvalue weighted by atomic mass is 16.6. The van der Waals surface area contributed by atoms with Gasteiger partial charge < -0.3 is 5.32 Å². The van der Waals surface area contributed by atoms with Crippen LogP contribution < -0.4 is 10.6 Å². The Morgan fingerprint density at radius 3 is 2.19 bits per heavy atom. The first-order chi connectivity index (χ1) is 12.7. The van der Waals surface area contributed by atoms with Gasteiger partial charge in [0, 0.05) is 12.1 Å². The Balaban J connectivity index is 2.04. The normalized spacial score (nSPS) is 12.3. The third-order valence-electron chi connectivity index (χ3n) is 4.02. The number of hydrogen-bond donors (Lipinski definition) is 2. The summed E-state index contributed by atoms with van der Waals surface area (Å²) in [4.78, 5) is 56.6. The minimum Gasteiger partial charge on any atom is -0.321 e. The number of nitrogens with one attached hydrogen (secondary N) is 2. The third-order valence-corrected chi connectivity index (χ3v) is 4.02. The van der Waals surface area contributed by atoms with Crippen LogP contribution in [0, 0.1) is 27.2 Å². The first-order valence-corrected chi connectivity index (χ1v) is 7.44. The molecule has 0 saturated carbocycles. The van der Waals surface area contributed by atoms with Gasteiger partial charge >= 0.3 is 0 Å². The maximum atomic E-state index is 12.5. The van der Waals surface area contributed by atoms with Gasteiger partial charge in [0.05, 0.1) is 32.2 Å². The molecule has 3 amide bonds. The number of rotatable bonds is 4. The van der Waals surface area contributed by atoms with Crippen molar-refractivity contribution >= 4 is 34.8 Å². The minimum atomic E-state index is -0.901. The van der Waals surface area contributed by atoms with Crippen molar-refractivity contribution in [3.63, 3.8) is 0 Å². The molecular weight excluding hydrogens is 360 g/mol. The lowest BCUT2D eigenvalue weighted by Crippen LogP contribution is -2.21. The van der Waals surface area contributed by atoms with Crippen molar-refractivity contribution in [2.45, 2.75) is 6.92 Å². The molecule has 0 aliphatic carbocycles. The summed E-state index contributed by atoms with van der Waals surface area (Å²) in [6, 6.07) is 6.02. The molecule has 2 N–H and O–H groups in total. The number of carbonyl (C=O) groups is 3. The zero-order valence-corrected chi connectivity index (χ0v) is 13.6. The van der Waals surface area contributed by atoms with Gasteiger partial charge in [0.1, 0.15) is 5.56 Å². The van der Waals surface area contributed by atoms with Crippen molar-refractivity contribution in [3.05, 3.63) is 72.8 Å². The SMILES string of the molecule is Cc1c([N+](=O)[O-])cc(C(=O)Nc2cccc3c2C(=O)NC3=O)cc1[N+](=O)[O-]. The topological polar surface area (TPSA) is 162 Å². The highest BCUT2D eigenvalue weighted by molar-refractivity contribution is 6.25. The maximum Gasteiger partial charge on any atom is 0.279 e. The Morgan fingerprint density at radius 1 is 1.04 bits per heavy atom. The van der Waals surface area contributed by atoms with Gasteiger partial charge in [0.2, 0.25) is 0 Å². The fraction of sp³-hybridized carbons (Fsp3) is 0.0625. The number of nitro groups is 2. The molecule has 0 aromatic heterocycles. The molecule has 27 heavy (non-hydrogen) atoms. The number of anilines is 1. The minimum absolute atomic E-state index is 0.00623. The van der Waals surface area contributed by atoms with Gasteiger partial charge in [-0.25, -0.2) is 0 Å². The van der Waals surface area contributed by atoms with E-state index in [1.54, 1.807) is 0 Å². The van der Waals surface area contributed by atoms with Gasteiger partial charge in [0.15, 0.2) is 0 Å². The Kier molecular flexibility index (Phi) is 4.12. The summed E-state index contributed by atoms with van der Waals surface area (Å²) in [6.45, 7) is 1.21. The lowest BCUT2D eigenvalue weighted by Gasteiger charge is -2.09. The summed E-state index contributed by atoms with van der Waals surface area (Å²) in [5, 5.41) is 26.7. The van der Waals surface area contributed by atoms with E-state index < -0.39 is 38.9 Å². The number of nitrogens with zero attached hydrogens (tertiary/aromatic N) is 2. The average Bonchev–Trinajstić information content (AvgIpc) is 2.89. The lowest BCUT2D eigenvalue weighted by atomic mass is 10.1. The third kappa shape index (κ3) is 2.97. The number of amides is 3. The monoisotopic (exact) mass is 370 g/mol. The summed E-state index contributed by atoms with van der Waals surface area (Å²) >= 11 is 0. The summed E-state index contributed by atoms with van der Waals surface area (Å²) in [5.41, 5.74) is -1.66. The van der Waals surface area contributed by atoms with Gasteiger partial charge in [-0.1, -0.05) is 6.07 Å². The Bertz CT molecular complexity index is 1030. The fourth-order valence-electron chi connectivity index (χ4n) is 2.71. The second-order valence-corrected chi connectivity index (χ2v) is 5.62. The van der Waals surface area contributed by atoms with Crippen molar-refractivity contribution in [1.29, 1.82) is 0 Å². The van der Waals surface area contributed by atoms with Crippen LogP contribution >= 0.6 is 0 Å². The standard InChI is InChI=1S/C16H10N4O7/c1-7-11(19(24)25)5-8(6-12(7)20(26)27)14(21)17-10-4-2-3-9-13(10)16(23)18-15(9)22/h2-6H,1H3,(H,17,21)(H,18,22,23). The number of carbonyl (C=O) groups excluding carboxylic acids is 3. The molecule has 1 aliphatic heterocycles. The summed E-state index contributed by atoms with van der Waals surface area (Å²) in [5.74, 6) is -2.22. The van der Waals surface area contributed by atoms with Crippen LogP contribution in [0.5, 0.6) is 0 Å². The van der Waals surface area contributed by atoms with Crippen molar-refractivity contribution in [2.75, 3.05) is 5.32 Å². The van der Waals surface area contributed by atoms with E-state index in [9.17, 15) is 34.6 Å². The van der Waals surface area contributed by atoms with Crippen molar-refractivity contribution in [1.82, 2.24) is 5.32 Å². The van der Waals surface area contributed by atoms with Gasteiger partial charge in [-0.3, -0.25) is 39.9 Å². The molecule has 2 aromatic carbocycles. The molecule has 0 fully saturated rings. The van der Waals surface area contributed by atoms with E-state index in [1.165, 1.54) is 25.1 Å². The molecule has 0 saturated heterocycles. The lowest BCUT2D eigenvalue weighted by molar-refractivity contribution is -0.395.